The molecule has 4 rings (SSSR count). The SMILES string of the molecule is CC(=O)Nc1cccc(-n2nnnc2SCC(=O)/C=C2\N(C)c3ccccc3C2(C)C)c1. The molecule has 32 heavy (non-hydrogen) atoms. The summed E-state index contributed by atoms with van der Waals surface area (Å²) in [5.41, 5.74) is 4.38. The van der Waals surface area contributed by atoms with E-state index in [1.807, 2.05) is 31.3 Å². The lowest BCUT2D eigenvalue weighted by Crippen LogP contribution is -2.24. The second-order valence-electron chi connectivity index (χ2n) is 8.09. The first-order valence-electron chi connectivity index (χ1n) is 10.1. The normalized spacial score (nSPS) is 15.6. The Morgan fingerprint density at radius 3 is 2.69 bits per heavy atom. The van der Waals surface area contributed by atoms with Crippen LogP contribution in [0.15, 0.2) is 65.5 Å². The van der Waals surface area contributed by atoms with Crippen LogP contribution >= 0.6 is 11.8 Å². The van der Waals surface area contributed by atoms with Crippen LogP contribution in [0.3, 0.4) is 0 Å². The van der Waals surface area contributed by atoms with Gasteiger partial charge in [-0.2, -0.15) is 4.68 Å². The standard InChI is InChI=1S/C23H24N6O2S/c1-15(30)24-16-8-7-9-17(12-16)29-22(25-26-27-29)32-14-18(31)13-21-23(2,3)19-10-5-6-11-20(19)28(21)4/h5-13H,14H2,1-4H3,(H,24,30)/b21-13-. The molecule has 2 aromatic carbocycles. The van der Waals surface area contributed by atoms with Crippen molar-refractivity contribution in [2.24, 2.45) is 0 Å². The molecular formula is C23H24N6O2S. The lowest BCUT2D eigenvalue weighted by Gasteiger charge is -2.23. The molecule has 9 heteroatoms. The van der Waals surface area contributed by atoms with Crippen LogP contribution in [0.4, 0.5) is 11.4 Å². The molecule has 3 aromatic rings. The summed E-state index contributed by atoms with van der Waals surface area (Å²) in [6.45, 7) is 5.71. The van der Waals surface area contributed by atoms with E-state index in [2.05, 4.69) is 51.7 Å². The van der Waals surface area contributed by atoms with Gasteiger partial charge in [0.1, 0.15) is 0 Å². The number of carbonyl (C=O) groups excluding carboxylic acids is 2. The van der Waals surface area contributed by atoms with Gasteiger partial charge in [0.05, 0.1) is 11.4 Å². The number of likely N-dealkylation sites (N-methyl/N-ethyl adjacent to an activating group) is 1. The van der Waals surface area contributed by atoms with Crippen LogP contribution in [-0.2, 0) is 15.0 Å². The Balaban J connectivity index is 1.50. The summed E-state index contributed by atoms with van der Waals surface area (Å²) in [5.74, 6) is 0.0311. The zero-order valence-corrected chi connectivity index (χ0v) is 19.2. The van der Waals surface area contributed by atoms with Gasteiger partial charge in [0.15, 0.2) is 5.78 Å². The predicted octanol–water partition coefficient (Wildman–Crippen LogP) is 3.59. The maximum atomic E-state index is 12.9. The first-order valence-corrected chi connectivity index (χ1v) is 11.1. The molecule has 0 spiro atoms. The van der Waals surface area contributed by atoms with Crippen LogP contribution in [-0.4, -0.2) is 44.7 Å². The third-order valence-electron chi connectivity index (χ3n) is 5.43. The highest BCUT2D eigenvalue weighted by atomic mass is 32.2. The van der Waals surface area contributed by atoms with E-state index in [1.165, 1.54) is 24.2 Å². The van der Waals surface area contributed by atoms with Gasteiger partial charge in [-0.25, -0.2) is 0 Å². The molecule has 164 valence electrons. The second kappa shape index (κ2) is 8.58. The van der Waals surface area contributed by atoms with Gasteiger partial charge < -0.3 is 10.2 Å². The molecular weight excluding hydrogens is 424 g/mol. The van der Waals surface area contributed by atoms with E-state index in [9.17, 15) is 9.59 Å². The summed E-state index contributed by atoms with van der Waals surface area (Å²) in [6.07, 6.45) is 1.72. The number of nitrogens with one attached hydrogen (secondary N) is 1. The summed E-state index contributed by atoms with van der Waals surface area (Å²) in [6, 6.07) is 15.4. The highest BCUT2D eigenvalue weighted by Gasteiger charge is 2.38. The van der Waals surface area contributed by atoms with Crippen molar-refractivity contribution in [1.82, 2.24) is 20.2 Å². The fourth-order valence-corrected chi connectivity index (χ4v) is 4.65. The highest BCUT2D eigenvalue weighted by Crippen LogP contribution is 2.46. The number of aromatic nitrogens is 4. The Morgan fingerprint density at radius 2 is 1.94 bits per heavy atom. The number of amides is 1. The average Bonchev–Trinajstić information content (AvgIpc) is 3.30. The van der Waals surface area contributed by atoms with Gasteiger partial charge in [-0.05, 0) is 40.3 Å². The smallest absolute Gasteiger partial charge is 0.221 e. The van der Waals surface area contributed by atoms with Crippen molar-refractivity contribution in [2.45, 2.75) is 31.3 Å². The zero-order chi connectivity index (χ0) is 22.9. The molecule has 8 nitrogen and oxygen atoms in total. The van der Waals surface area contributed by atoms with Gasteiger partial charge in [0, 0.05) is 42.5 Å². The number of benzene rings is 2. The number of nitrogens with zero attached hydrogens (tertiary/aromatic N) is 5. The van der Waals surface area contributed by atoms with Crippen molar-refractivity contribution < 1.29 is 9.59 Å². The van der Waals surface area contributed by atoms with Gasteiger partial charge in [0.25, 0.3) is 0 Å². The van der Waals surface area contributed by atoms with Crippen molar-refractivity contribution in [3.8, 4) is 5.69 Å². The molecule has 0 unspecified atom stereocenters. The third kappa shape index (κ3) is 4.16. The Hall–Kier alpha value is -3.46. The van der Waals surface area contributed by atoms with Gasteiger partial charge in [0.2, 0.25) is 11.1 Å². The fraction of sp³-hybridized carbons (Fsp3) is 0.261. The van der Waals surface area contributed by atoms with E-state index in [4.69, 9.17) is 0 Å². The van der Waals surface area contributed by atoms with Crippen LogP contribution in [0.5, 0.6) is 0 Å². The van der Waals surface area contributed by atoms with Crippen LogP contribution < -0.4 is 10.2 Å². The largest absolute Gasteiger partial charge is 0.347 e. The maximum Gasteiger partial charge on any atom is 0.221 e. The number of ketones is 1. The molecule has 1 N–H and O–H groups in total. The number of fused-ring (bicyclic) bond motifs is 1. The fourth-order valence-electron chi connectivity index (χ4n) is 3.94. The lowest BCUT2D eigenvalue weighted by molar-refractivity contribution is -0.114. The molecule has 0 atom stereocenters. The quantitative estimate of drug-likeness (QED) is 0.455. The summed E-state index contributed by atoms with van der Waals surface area (Å²) >= 11 is 1.27. The van der Waals surface area contributed by atoms with Crippen LogP contribution in [0.1, 0.15) is 26.3 Å². The minimum Gasteiger partial charge on any atom is -0.347 e. The van der Waals surface area contributed by atoms with Crippen molar-refractivity contribution in [3.63, 3.8) is 0 Å². The van der Waals surface area contributed by atoms with Crippen molar-refractivity contribution in [2.75, 3.05) is 23.0 Å². The number of para-hydroxylation sites is 1. The van der Waals surface area contributed by atoms with Gasteiger partial charge in [-0.3, -0.25) is 9.59 Å². The van der Waals surface area contributed by atoms with Crippen molar-refractivity contribution in [1.29, 1.82) is 0 Å². The number of hydrogen-bond donors (Lipinski definition) is 1. The number of allylic oxidation sites excluding steroid dienone is 2. The number of rotatable bonds is 6. The summed E-state index contributed by atoms with van der Waals surface area (Å²) in [5, 5.41) is 15.1. The third-order valence-corrected chi connectivity index (χ3v) is 6.38. The van der Waals surface area contributed by atoms with Crippen LogP contribution in [0, 0.1) is 0 Å². The molecule has 1 amide bonds. The average molecular weight is 449 g/mol. The molecule has 0 aliphatic carbocycles. The number of hydrogen-bond acceptors (Lipinski definition) is 7. The van der Waals surface area contributed by atoms with E-state index < -0.39 is 0 Å². The summed E-state index contributed by atoms with van der Waals surface area (Å²) in [7, 11) is 1.99. The Bertz CT molecular complexity index is 1220. The molecule has 0 radical (unpaired) electrons. The molecule has 1 aliphatic heterocycles. The topological polar surface area (TPSA) is 93.0 Å². The zero-order valence-electron chi connectivity index (χ0n) is 18.4. The van der Waals surface area contributed by atoms with E-state index in [-0.39, 0.29) is 22.9 Å². The number of thioether (sulfide) groups is 1. The molecule has 0 saturated carbocycles. The molecule has 2 heterocycles. The molecule has 0 fully saturated rings. The molecule has 1 aliphatic rings. The van der Waals surface area contributed by atoms with E-state index in [0.29, 0.717) is 16.5 Å². The Labute approximate surface area is 190 Å². The first kappa shape index (κ1) is 21.8. The number of carbonyl (C=O) groups is 2. The minimum absolute atomic E-state index is 0.0146. The van der Waals surface area contributed by atoms with Gasteiger partial charge >= 0.3 is 0 Å². The van der Waals surface area contributed by atoms with Crippen LogP contribution in [0.2, 0.25) is 0 Å². The van der Waals surface area contributed by atoms with E-state index in [1.54, 1.807) is 22.9 Å². The van der Waals surface area contributed by atoms with Crippen LogP contribution in [0.25, 0.3) is 5.69 Å². The molecule has 1 aromatic heterocycles. The summed E-state index contributed by atoms with van der Waals surface area (Å²) in [4.78, 5) is 26.3. The summed E-state index contributed by atoms with van der Waals surface area (Å²) < 4.78 is 1.55. The predicted molar refractivity (Wildman–Crippen MR) is 125 cm³/mol. The van der Waals surface area contributed by atoms with Crippen molar-refractivity contribution in [3.05, 3.63) is 65.9 Å². The first-order chi connectivity index (χ1) is 15.3. The number of anilines is 2. The van der Waals surface area contributed by atoms with E-state index in [0.717, 1.165) is 11.4 Å². The lowest BCUT2D eigenvalue weighted by atomic mass is 9.83. The van der Waals surface area contributed by atoms with Gasteiger partial charge in [-0.15, -0.1) is 5.10 Å². The number of tetrazole rings is 1. The van der Waals surface area contributed by atoms with Crippen molar-refractivity contribution >= 4 is 34.8 Å². The molecule has 0 saturated heterocycles. The minimum atomic E-state index is -0.253. The van der Waals surface area contributed by atoms with Gasteiger partial charge in [-0.1, -0.05) is 49.9 Å². The Kier molecular flexibility index (Phi) is 5.84. The second-order valence-corrected chi connectivity index (χ2v) is 9.03. The highest BCUT2D eigenvalue weighted by molar-refractivity contribution is 7.99. The Morgan fingerprint density at radius 1 is 1.16 bits per heavy atom. The van der Waals surface area contributed by atoms with E-state index >= 15 is 0 Å². The molecule has 0 bridgehead atoms. The monoisotopic (exact) mass is 448 g/mol. The maximum absolute atomic E-state index is 12.9.